The average molecular weight is 461 g/mol. The number of unbranched alkanes of at least 4 members (excludes halogenated alkanes) is 12. The average Bonchev–Trinajstić information content (AvgIpc) is 2.81. The number of ether oxygens (including phenoxy) is 2. The van der Waals surface area contributed by atoms with Crippen molar-refractivity contribution in [1.82, 2.24) is 0 Å². The van der Waals surface area contributed by atoms with E-state index in [1.54, 1.807) is 12.1 Å². The second-order valence-electron chi connectivity index (χ2n) is 8.66. The Hall–Kier alpha value is -2.30. The SMILES string of the molecule is CCCCCCCCCOC(=O)C(=Cc1ccc(O)cc1)C(=O)OCCCCCCCCC. The van der Waals surface area contributed by atoms with Crippen LogP contribution in [-0.4, -0.2) is 30.3 Å². The van der Waals surface area contributed by atoms with Gasteiger partial charge in [0, 0.05) is 0 Å². The van der Waals surface area contributed by atoms with Crippen molar-refractivity contribution in [3.05, 3.63) is 35.4 Å². The second kappa shape index (κ2) is 19.2. The van der Waals surface area contributed by atoms with E-state index in [1.165, 1.54) is 69.6 Å². The summed E-state index contributed by atoms with van der Waals surface area (Å²) >= 11 is 0. The lowest BCUT2D eigenvalue weighted by Crippen LogP contribution is -2.19. The van der Waals surface area contributed by atoms with Gasteiger partial charge in [-0.1, -0.05) is 103 Å². The normalized spacial score (nSPS) is 10.6. The number of benzene rings is 1. The van der Waals surface area contributed by atoms with E-state index >= 15 is 0 Å². The van der Waals surface area contributed by atoms with Gasteiger partial charge in [0.05, 0.1) is 13.2 Å². The van der Waals surface area contributed by atoms with Crippen molar-refractivity contribution in [1.29, 1.82) is 0 Å². The Balaban J connectivity index is 2.51. The molecule has 186 valence electrons. The van der Waals surface area contributed by atoms with E-state index in [0.29, 0.717) is 18.8 Å². The quantitative estimate of drug-likeness (QED) is 0.0767. The fourth-order valence-electron chi connectivity index (χ4n) is 3.54. The molecule has 1 N–H and O–H groups in total. The first-order chi connectivity index (χ1) is 16.1. The molecule has 0 fully saturated rings. The van der Waals surface area contributed by atoms with Crippen LogP contribution in [0.5, 0.6) is 5.75 Å². The van der Waals surface area contributed by atoms with Crippen LogP contribution in [0, 0.1) is 0 Å². The third-order valence-corrected chi connectivity index (χ3v) is 5.61. The van der Waals surface area contributed by atoms with E-state index in [-0.39, 0.29) is 11.3 Å². The Morgan fingerprint density at radius 2 is 1.06 bits per heavy atom. The lowest BCUT2D eigenvalue weighted by molar-refractivity contribution is -0.147. The van der Waals surface area contributed by atoms with Gasteiger partial charge >= 0.3 is 11.9 Å². The maximum Gasteiger partial charge on any atom is 0.345 e. The highest BCUT2D eigenvalue weighted by atomic mass is 16.6. The number of phenolic OH excluding ortho intramolecular Hbond substituents is 1. The minimum atomic E-state index is -0.654. The number of aromatic hydroxyl groups is 1. The number of carbonyl (C=O) groups is 2. The van der Waals surface area contributed by atoms with Crippen LogP contribution in [0.4, 0.5) is 0 Å². The fourth-order valence-corrected chi connectivity index (χ4v) is 3.54. The summed E-state index contributed by atoms with van der Waals surface area (Å²) in [5.74, 6) is -1.19. The summed E-state index contributed by atoms with van der Waals surface area (Å²) in [4.78, 5) is 25.2. The summed E-state index contributed by atoms with van der Waals surface area (Å²) in [6.45, 7) is 4.99. The molecule has 5 nitrogen and oxygen atoms in total. The van der Waals surface area contributed by atoms with Crippen LogP contribution in [0.25, 0.3) is 6.08 Å². The number of carbonyl (C=O) groups excluding carboxylic acids is 2. The molecule has 0 atom stereocenters. The van der Waals surface area contributed by atoms with Gasteiger partial charge in [-0.05, 0) is 36.6 Å². The monoisotopic (exact) mass is 460 g/mol. The Labute approximate surface area is 200 Å². The van der Waals surface area contributed by atoms with Gasteiger partial charge < -0.3 is 14.6 Å². The van der Waals surface area contributed by atoms with Crippen LogP contribution in [0.1, 0.15) is 109 Å². The molecule has 0 spiro atoms. The third kappa shape index (κ3) is 14.5. The van der Waals surface area contributed by atoms with Crippen molar-refractivity contribution >= 4 is 18.0 Å². The maximum absolute atomic E-state index is 12.6. The molecule has 5 heteroatoms. The zero-order chi connectivity index (χ0) is 24.2. The van der Waals surface area contributed by atoms with Gasteiger partial charge in [-0.2, -0.15) is 0 Å². The van der Waals surface area contributed by atoms with Crippen molar-refractivity contribution in [2.24, 2.45) is 0 Å². The Morgan fingerprint density at radius 1 is 0.667 bits per heavy atom. The van der Waals surface area contributed by atoms with Crippen molar-refractivity contribution in [2.45, 2.75) is 104 Å². The summed E-state index contributed by atoms with van der Waals surface area (Å²) in [5.41, 5.74) is 0.523. The van der Waals surface area contributed by atoms with Crippen molar-refractivity contribution in [3.63, 3.8) is 0 Å². The standard InChI is InChI=1S/C28H44O5/c1-3-5-7-9-11-13-15-21-32-27(30)26(23-24-17-19-25(29)20-18-24)28(31)33-22-16-14-12-10-8-6-4-2/h17-20,23,29H,3-16,21-22H2,1-2H3. The van der Waals surface area contributed by atoms with E-state index in [4.69, 9.17) is 9.47 Å². The summed E-state index contributed by atoms with van der Waals surface area (Å²) in [5, 5.41) is 9.47. The van der Waals surface area contributed by atoms with E-state index in [0.717, 1.165) is 38.5 Å². The predicted octanol–water partition coefficient (Wildman–Crippen LogP) is 7.36. The highest BCUT2D eigenvalue weighted by molar-refractivity contribution is 6.17. The van der Waals surface area contributed by atoms with Gasteiger partial charge in [-0.3, -0.25) is 0 Å². The highest BCUT2D eigenvalue weighted by Crippen LogP contribution is 2.16. The van der Waals surface area contributed by atoms with Crippen LogP contribution in [0.15, 0.2) is 29.8 Å². The van der Waals surface area contributed by atoms with Crippen LogP contribution >= 0.6 is 0 Å². The first kappa shape index (κ1) is 28.7. The minimum Gasteiger partial charge on any atom is -0.508 e. The van der Waals surface area contributed by atoms with Gasteiger partial charge in [-0.15, -0.1) is 0 Å². The number of hydrogen-bond donors (Lipinski definition) is 1. The van der Waals surface area contributed by atoms with E-state index in [1.807, 2.05) is 0 Å². The molecule has 0 amide bonds. The van der Waals surface area contributed by atoms with Crippen LogP contribution < -0.4 is 0 Å². The molecule has 0 aliphatic heterocycles. The Kier molecular flexibility index (Phi) is 16.7. The molecule has 1 aromatic carbocycles. The molecule has 0 heterocycles. The third-order valence-electron chi connectivity index (χ3n) is 5.61. The summed E-state index contributed by atoms with van der Waals surface area (Å²) in [6, 6.07) is 6.30. The molecule has 1 aromatic rings. The predicted molar refractivity (Wildman–Crippen MR) is 134 cm³/mol. The molecule has 1 rings (SSSR count). The topological polar surface area (TPSA) is 72.8 Å². The van der Waals surface area contributed by atoms with Crippen LogP contribution in [0.3, 0.4) is 0 Å². The number of rotatable bonds is 19. The van der Waals surface area contributed by atoms with Crippen molar-refractivity contribution < 1.29 is 24.2 Å². The highest BCUT2D eigenvalue weighted by Gasteiger charge is 2.21. The van der Waals surface area contributed by atoms with Gasteiger partial charge in [0.1, 0.15) is 11.3 Å². The number of esters is 2. The number of phenols is 1. The first-order valence-electron chi connectivity index (χ1n) is 12.9. The summed E-state index contributed by atoms with van der Waals surface area (Å²) in [6.07, 6.45) is 17.2. The van der Waals surface area contributed by atoms with Crippen LogP contribution in [0.2, 0.25) is 0 Å². The zero-order valence-electron chi connectivity index (χ0n) is 20.8. The summed E-state index contributed by atoms with van der Waals surface area (Å²) < 4.78 is 10.7. The van der Waals surface area contributed by atoms with E-state index < -0.39 is 11.9 Å². The number of hydrogen-bond acceptors (Lipinski definition) is 5. The molecular formula is C28H44O5. The second-order valence-corrected chi connectivity index (χ2v) is 8.66. The van der Waals surface area contributed by atoms with Gasteiger partial charge in [-0.25, -0.2) is 9.59 Å². The maximum atomic E-state index is 12.6. The lowest BCUT2D eigenvalue weighted by Gasteiger charge is -2.10. The smallest absolute Gasteiger partial charge is 0.345 e. The van der Waals surface area contributed by atoms with Crippen molar-refractivity contribution in [2.75, 3.05) is 13.2 Å². The van der Waals surface area contributed by atoms with Crippen molar-refractivity contribution in [3.8, 4) is 5.75 Å². The molecule has 0 aromatic heterocycles. The summed E-state index contributed by atoms with van der Waals surface area (Å²) in [7, 11) is 0. The molecule has 0 radical (unpaired) electrons. The molecule has 0 unspecified atom stereocenters. The minimum absolute atomic E-state index is 0.105. The van der Waals surface area contributed by atoms with E-state index in [9.17, 15) is 14.7 Å². The van der Waals surface area contributed by atoms with E-state index in [2.05, 4.69) is 13.8 Å². The molecule has 0 aliphatic carbocycles. The zero-order valence-corrected chi connectivity index (χ0v) is 20.8. The molecule has 0 bridgehead atoms. The largest absolute Gasteiger partial charge is 0.508 e. The van der Waals surface area contributed by atoms with Crippen LogP contribution in [-0.2, 0) is 19.1 Å². The molecule has 33 heavy (non-hydrogen) atoms. The Morgan fingerprint density at radius 3 is 1.48 bits per heavy atom. The first-order valence-corrected chi connectivity index (χ1v) is 12.9. The lowest BCUT2D eigenvalue weighted by atomic mass is 10.1. The molecular weight excluding hydrogens is 416 g/mol. The fraction of sp³-hybridized carbons (Fsp3) is 0.643. The molecule has 0 saturated carbocycles. The van der Waals surface area contributed by atoms with Gasteiger partial charge in [0.2, 0.25) is 0 Å². The Bertz CT molecular complexity index is 644. The molecule has 0 saturated heterocycles. The molecule has 0 aliphatic rings. The van der Waals surface area contributed by atoms with Gasteiger partial charge in [0.25, 0.3) is 0 Å². The van der Waals surface area contributed by atoms with Gasteiger partial charge in [0.15, 0.2) is 0 Å².